The van der Waals surface area contributed by atoms with Gasteiger partial charge in [-0.05, 0) is 95.6 Å². The Bertz CT molecular complexity index is 1260. The molecule has 1 amide bonds. The summed E-state index contributed by atoms with van der Waals surface area (Å²) in [6, 6.07) is 2.40. The van der Waals surface area contributed by atoms with Crippen molar-refractivity contribution in [3.05, 3.63) is 82.8 Å². The van der Waals surface area contributed by atoms with Gasteiger partial charge in [-0.3, -0.25) is 4.99 Å². The zero-order valence-electron chi connectivity index (χ0n) is 31.5. The van der Waals surface area contributed by atoms with Gasteiger partial charge in [-0.1, -0.05) is 79.3 Å². The molecule has 0 aromatic heterocycles. The fraction of sp³-hybridized carbons (Fsp3) is 0.575. The highest BCUT2D eigenvalue weighted by Crippen LogP contribution is 2.34. The normalized spacial score (nSPS) is 18.4. The lowest BCUT2D eigenvalue weighted by Crippen LogP contribution is -2.54. The van der Waals surface area contributed by atoms with E-state index in [1.807, 2.05) is 65.5 Å². The highest BCUT2D eigenvalue weighted by atomic mass is 16.6. The van der Waals surface area contributed by atoms with Crippen molar-refractivity contribution in [1.29, 1.82) is 5.26 Å². The van der Waals surface area contributed by atoms with E-state index >= 15 is 0 Å². The Morgan fingerprint density at radius 1 is 1.22 bits per heavy atom. The van der Waals surface area contributed by atoms with Gasteiger partial charge in [0.25, 0.3) is 0 Å². The SMILES string of the molecule is C=CN=C(CC(=C)C1=C(CC)CC=CC(C#N)=C1)C(/C(=C\C)C(C)CC)=C(\C)N1CCN(C(=O)OC(C)(C)C)CC1C.CC.CC. The molecule has 1 fully saturated rings. The van der Waals surface area contributed by atoms with Crippen LogP contribution in [0.5, 0.6) is 0 Å². The summed E-state index contributed by atoms with van der Waals surface area (Å²) in [5, 5.41) is 9.66. The number of allylic oxidation sites excluding steroid dienone is 11. The van der Waals surface area contributed by atoms with Crippen molar-refractivity contribution < 1.29 is 9.53 Å². The molecule has 0 radical (unpaired) electrons. The molecule has 6 heteroatoms. The fourth-order valence-corrected chi connectivity index (χ4v) is 5.68. The number of nitriles is 1. The molecule has 1 saturated heterocycles. The van der Waals surface area contributed by atoms with Gasteiger partial charge in [0, 0.05) is 49.6 Å². The second kappa shape index (κ2) is 21.3. The average molecular weight is 633 g/mol. The molecule has 1 aliphatic heterocycles. The lowest BCUT2D eigenvalue weighted by molar-refractivity contribution is 0.0101. The Morgan fingerprint density at radius 3 is 2.33 bits per heavy atom. The number of ether oxygens (including phenoxy) is 1. The number of aliphatic imine (C=N–C) groups is 1. The zero-order valence-corrected chi connectivity index (χ0v) is 31.5. The second-order valence-corrected chi connectivity index (χ2v) is 12.2. The summed E-state index contributed by atoms with van der Waals surface area (Å²) < 4.78 is 5.66. The van der Waals surface area contributed by atoms with E-state index in [0.29, 0.717) is 37.5 Å². The molecule has 0 bridgehead atoms. The number of hydrogen-bond donors (Lipinski definition) is 0. The van der Waals surface area contributed by atoms with Crippen molar-refractivity contribution in [3.8, 4) is 6.07 Å². The van der Waals surface area contributed by atoms with Crippen molar-refractivity contribution in [3.63, 3.8) is 0 Å². The van der Waals surface area contributed by atoms with E-state index in [0.717, 1.165) is 47.4 Å². The highest BCUT2D eigenvalue weighted by molar-refractivity contribution is 6.06. The van der Waals surface area contributed by atoms with Crippen LogP contribution >= 0.6 is 0 Å². The first-order valence-corrected chi connectivity index (χ1v) is 17.3. The van der Waals surface area contributed by atoms with Crippen LogP contribution in [0.1, 0.15) is 116 Å². The van der Waals surface area contributed by atoms with Crippen LogP contribution in [0, 0.1) is 17.2 Å². The Balaban J connectivity index is 0.00000486. The maximum absolute atomic E-state index is 12.8. The number of hydrogen-bond acceptors (Lipinski definition) is 5. The quantitative estimate of drug-likeness (QED) is 0.177. The third kappa shape index (κ3) is 12.3. The summed E-state index contributed by atoms with van der Waals surface area (Å²) in [7, 11) is 0. The maximum atomic E-state index is 12.8. The third-order valence-electron chi connectivity index (χ3n) is 8.01. The van der Waals surface area contributed by atoms with Gasteiger partial charge in [0.05, 0.1) is 17.4 Å². The van der Waals surface area contributed by atoms with Crippen molar-refractivity contribution >= 4 is 11.8 Å². The smallest absolute Gasteiger partial charge is 0.410 e. The van der Waals surface area contributed by atoms with E-state index in [4.69, 9.17) is 9.73 Å². The molecule has 0 spiro atoms. The zero-order chi connectivity index (χ0) is 35.6. The molecule has 2 atom stereocenters. The summed E-state index contributed by atoms with van der Waals surface area (Å²) in [6.45, 7) is 37.1. The van der Waals surface area contributed by atoms with E-state index in [1.54, 1.807) is 6.20 Å². The van der Waals surface area contributed by atoms with Crippen molar-refractivity contribution in [2.24, 2.45) is 10.9 Å². The Hall–Kier alpha value is -3.59. The van der Waals surface area contributed by atoms with Crippen LogP contribution in [0.2, 0.25) is 0 Å². The van der Waals surface area contributed by atoms with Gasteiger partial charge < -0.3 is 14.5 Å². The van der Waals surface area contributed by atoms with Crippen LogP contribution in [0.3, 0.4) is 0 Å². The number of piperazine rings is 1. The van der Waals surface area contributed by atoms with Gasteiger partial charge in [-0.2, -0.15) is 5.26 Å². The first-order chi connectivity index (χ1) is 21.8. The summed E-state index contributed by atoms with van der Waals surface area (Å²) >= 11 is 0. The van der Waals surface area contributed by atoms with E-state index in [9.17, 15) is 10.1 Å². The fourth-order valence-electron chi connectivity index (χ4n) is 5.68. The van der Waals surface area contributed by atoms with Crippen molar-refractivity contribution in [2.75, 3.05) is 19.6 Å². The van der Waals surface area contributed by atoms with Gasteiger partial charge in [0.15, 0.2) is 0 Å². The topological polar surface area (TPSA) is 68.9 Å². The third-order valence-corrected chi connectivity index (χ3v) is 8.01. The minimum atomic E-state index is -0.528. The number of nitrogens with zero attached hydrogens (tertiary/aromatic N) is 4. The minimum Gasteiger partial charge on any atom is -0.444 e. The molecule has 2 rings (SSSR count). The first kappa shape index (κ1) is 42.4. The molecule has 2 aliphatic rings. The van der Waals surface area contributed by atoms with Crippen LogP contribution in [0.25, 0.3) is 0 Å². The predicted octanol–water partition coefficient (Wildman–Crippen LogP) is 10.9. The molecule has 1 heterocycles. The Labute approximate surface area is 282 Å². The van der Waals surface area contributed by atoms with E-state index in [1.165, 1.54) is 11.1 Å². The van der Waals surface area contributed by atoms with Crippen LogP contribution in [-0.2, 0) is 4.74 Å². The van der Waals surface area contributed by atoms with Crippen LogP contribution in [0.4, 0.5) is 4.79 Å². The van der Waals surface area contributed by atoms with Crippen molar-refractivity contribution in [1.82, 2.24) is 9.80 Å². The van der Waals surface area contributed by atoms with Gasteiger partial charge in [0.1, 0.15) is 5.60 Å². The first-order valence-electron chi connectivity index (χ1n) is 17.3. The summed E-state index contributed by atoms with van der Waals surface area (Å²) in [4.78, 5) is 21.9. The highest BCUT2D eigenvalue weighted by Gasteiger charge is 2.32. The summed E-state index contributed by atoms with van der Waals surface area (Å²) in [5.41, 5.74) is 7.75. The molecule has 46 heavy (non-hydrogen) atoms. The second-order valence-electron chi connectivity index (χ2n) is 12.2. The number of carbonyl (C=O) groups is 1. The molecule has 0 aromatic rings. The largest absolute Gasteiger partial charge is 0.444 e. The maximum Gasteiger partial charge on any atom is 0.410 e. The summed E-state index contributed by atoms with van der Waals surface area (Å²) in [5.74, 6) is 0.319. The molecule has 0 N–H and O–H groups in total. The Kier molecular flexibility index (Phi) is 19.6. The molecular weight excluding hydrogens is 568 g/mol. The molecule has 256 valence electrons. The number of rotatable bonds is 10. The molecule has 6 nitrogen and oxygen atoms in total. The van der Waals surface area contributed by atoms with Crippen LogP contribution < -0.4 is 0 Å². The molecule has 0 aromatic carbocycles. The number of carbonyl (C=O) groups excluding carboxylic acids is 1. The lowest BCUT2D eigenvalue weighted by atomic mass is 9.84. The predicted molar refractivity (Wildman–Crippen MR) is 199 cm³/mol. The van der Waals surface area contributed by atoms with Gasteiger partial charge in [-0.15, -0.1) is 0 Å². The van der Waals surface area contributed by atoms with E-state index in [2.05, 4.69) is 77.8 Å². The molecule has 1 aliphatic carbocycles. The minimum absolute atomic E-state index is 0.0907. The molecule has 2 unspecified atom stereocenters. The monoisotopic (exact) mass is 633 g/mol. The van der Waals surface area contributed by atoms with Crippen LogP contribution in [0.15, 0.2) is 87.8 Å². The van der Waals surface area contributed by atoms with Gasteiger partial charge in [0.2, 0.25) is 0 Å². The van der Waals surface area contributed by atoms with Crippen molar-refractivity contribution in [2.45, 2.75) is 127 Å². The van der Waals surface area contributed by atoms with Crippen LogP contribution in [-0.4, -0.2) is 52.9 Å². The molecule has 0 saturated carbocycles. The summed E-state index contributed by atoms with van der Waals surface area (Å²) in [6.07, 6.45) is 12.7. The molecular formula is C40H64N4O2. The standard InChI is InChI=1S/C36H52N4O2.2C2H6/c1-12-25(5)31(14-3)34(28(8)40-20-19-39(24-27(40)7)35(41)42-36(9,10)11)33(38-15-4)21-26(6)32-22-29(23-37)17-16-18-30(32)13-2;2*1-2/h14-17,22,25,27H,4,6,12-13,18-21,24H2,1-3,5,7-11H3;2*1-2H3/b31-14-,34-28+,38-33?;;. The average Bonchev–Trinajstić information content (AvgIpc) is 3.26. The van der Waals surface area contributed by atoms with Gasteiger partial charge >= 0.3 is 6.09 Å². The van der Waals surface area contributed by atoms with Gasteiger partial charge in [-0.25, -0.2) is 4.79 Å². The lowest BCUT2D eigenvalue weighted by Gasteiger charge is -2.43. The van der Waals surface area contributed by atoms with E-state index < -0.39 is 5.60 Å². The Morgan fingerprint density at radius 2 is 1.85 bits per heavy atom. The van der Waals surface area contributed by atoms with E-state index in [-0.39, 0.29) is 12.1 Å². The number of amides is 1.